The Morgan fingerprint density at radius 3 is 2.10 bits per heavy atom. The number of non-ortho nitro benzene ring substituents is 1. The van der Waals surface area contributed by atoms with Crippen LogP contribution in [0.2, 0.25) is 0 Å². The summed E-state index contributed by atoms with van der Waals surface area (Å²) in [6.45, 7) is 0. The molecule has 0 spiro atoms. The zero-order valence-corrected chi connectivity index (χ0v) is 10.4. The van der Waals surface area contributed by atoms with E-state index in [4.69, 9.17) is 4.55 Å². The van der Waals surface area contributed by atoms with Crippen molar-refractivity contribution in [1.29, 1.82) is 0 Å². The van der Waals surface area contributed by atoms with Crippen LogP contribution < -0.4 is 0 Å². The van der Waals surface area contributed by atoms with Gasteiger partial charge in [-0.15, -0.1) is 0 Å². The fourth-order valence-electron chi connectivity index (χ4n) is 1.86. The van der Waals surface area contributed by atoms with Crippen LogP contribution in [0, 0.1) is 20.2 Å². The molecule has 0 bridgehead atoms. The summed E-state index contributed by atoms with van der Waals surface area (Å²) in [6.07, 6.45) is 0. The number of nitro benzene ring substituents is 2. The van der Waals surface area contributed by atoms with Crippen LogP contribution in [0.25, 0.3) is 10.8 Å². The van der Waals surface area contributed by atoms with Crippen molar-refractivity contribution >= 4 is 32.3 Å². The Bertz CT molecular complexity index is 844. The van der Waals surface area contributed by atoms with Crippen molar-refractivity contribution in [3.8, 4) is 0 Å². The molecule has 0 saturated carbocycles. The molecule has 2 rings (SSSR count). The molecule has 20 heavy (non-hydrogen) atoms. The standard InChI is InChI=1S/C10H6N2O7S/c13-11(14)8-3-1-2-7-6(8)4-5-9(20(17,18)19)10(7)12(15)16/h1-5H,(H,17,18,19). The van der Waals surface area contributed by atoms with E-state index in [1.807, 2.05) is 0 Å². The zero-order valence-electron chi connectivity index (χ0n) is 9.59. The van der Waals surface area contributed by atoms with E-state index in [1.54, 1.807) is 0 Å². The Balaban J connectivity index is 3.02. The predicted octanol–water partition coefficient (Wildman–Crippen LogP) is 1.90. The second-order valence-corrected chi connectivity index (χ2v) is 5.16. The molecular weight excluding hydrogens is 292 g/mol. The highest BCUT2D eigenvalue weighted by molar-refractivity contribution is 7.86. The number of hydrogen-bond acceptors (Lipinski definition) is 6. The van der Waals surface area contributed by atoms with E-state index in [9.17, 15) is 28.6 Å². The molecule has 9 nitrogen and oxygen atoms in total. The molecule has 104 valence electrons. The van der Waals surface area contributed by atoms with E-state index < -0.39 is 36.2 Å². The monoisotopic (exact) mass is 298 g/mol. The number of nitro groups is 2. The fraction of sp³-hybridized carbons (Fsp3) is 0. The number of fused-ring (bicyclic) bond motifs is 1. The van der Waals surface area contributed by atoms with E-state index in [1.165, 1.54) is 12.1 Å². The molecule has 0 aromatic heterocycles. The first-order chi connectivity index (χ1) is 9.23. The van der Waals surface area contributed by atoms with Gasteiger partial charge in [0.1, 0.15) is 0 Å². The van der Waals surface area contributed by atoms with Gasteiger partial charge in [0, 0.05) is 6.07 Å². The van der Waals surface area contributed by atoms with Crippen molar-refractivity contribution in [2.75, 3.05) is 0 Å². The molecule has 0 radical (unpaired) electrons. The zero-order chi connectivity index (χ0) is 15.1. The lowest BCUT2D eigenvalue weighted by molar-refractivity contribution is -0.386. The summed E-state index contributed by atoms with van der Waals surface area (Å²) < 4.78 is 31.3. The third kappa shape index (κ3) is 2.17. The number of rotatable bonds is 3. The Kier molecular flexibility index (Phi) is 3.12. The van der Waals surface area contributed by atoms with E-state index in [-0.39, 0.29) is 10.8 Å². The maximum Gasteiger partial charge on any atom is 0.301 e. The van der Waals surface area contributed by atoms with Crippen molar-refractivity contribution in [3.05, 3.63) is 50.6 Å². The minimum atomic E-state index is -4.81. The van der Waals surface area contributed by atoms with Gasteiger partial charge in [0.15, 0.2) is 4.90 Å². The van der Waals surface area contributed by atoms with Crippen LogP contribution in [0.3, 0.4) is 0 Å². The van der Waals surface area contributed by atoms with Crippen molar-refractivity contribution in [2.24, 2.45) is 0 Å². The molecule has 2 aromatic rings. The van der Waals surface area contributed by atoms with Crippen LogP contribution in [-0.2, 0) is 10.1 Å². The highest BCUT2D eigenvalue weighted by atomic mass is 32.2. The first kappa shape index (κ1) is 13.8. The normalized spacial score (nSPS) is 11.4. The first-order valence-electron chi connectivity index (χ1n) is 5.05. The molecule has 1 N–H and O–H groups in total. The number of hydrogen-bond donors (Lipinski definition) is 1. The largest absolute Gasteiger partial charge is 0.301 e. The maximum absolute atomic E-state index is 11.1. The van der Waals surface area contributed by atoms with Crippen molar-refractivity contribution < 1.29 is 22.8 Å². The van der Waals surface area contributed by atoms with E-state index in [0.29, 0.717) is 0 Å². The maximum atomic E-state index is 11.1. The fourth-order valence-corrected chi connectivity index (χ4v) is 2.53. The third-order valence-corrected chi connectivity index (χ3v) is 3.52. The van der Waals surface area contributed by atoms with Crippen LogP contribution in [0.1, 0.15) is 0 Å². The van der Waals surface area contributed by atoms with Gasteiger partial charge in [-0.1, -0.05) is 6.07 Å². The summed E-state index contributed by atoms with van der Waals surface area (Å²) in [7, 11) is -4.81. The van der Waals surface area contributed by atoms with Crippen molar-refractivity contribution in [1.82, 2.24) is 0 Å². The molecule has 0 aliphatic heterocycles. The first-order valence-corrected chi connectivity index (χ1v) is 6.49. The van der Waals surface area contributed by atoms with Gasteiger partial charge in [0.25, 0.3) is 11.4 Å². The van der Waals surface area contributed by atoms with E-state index in [0.717, 1.165) is 18.2 Å². The molecule has 0 saturated heterocycles. The van der Waals surface area contributed by atoms with E-state index in [2.05, 4.69) is 0 Å². The minimum Gasteiger partial charge on any atom is -0.282 e. The van der Waals surface area contributed by atoms with Gasteiger partial charge in [-0.3, -0.25) is 24.8 Å². The Hall–Kier alpha value is -2.59. The lowest BCUT2D eigenvalue weighted by Gasteiger charge is -2.04. The Labute approximate surface area is 111 Å². The lowest BCUT2D eigenvalue weighted by atomic mass is 10.1. The third-order valence-electron chi connectivity index (χ3n) is 2.63. The second-order valence-electron chi connectivity index (χ2n) is 3.77. The highest BCUT2D eigenvalue weighted by Gasteiger charge is 2.28. The summed E-state index contributed by atoms with van der Waals surface area (Å²) in [4.78, 5) is 19.2. The van der Waals surface area contributed by atoms with Crippen LogP contribution in [0.4, 0.5) is 11.4 Å². The minimum absolute atomic E-state index is 0.0865. The molecule has 0 aliphatic carbocycles. The quantitative estimate of drug-likeness (QED) is 0.518. The molecule has 10 heteroatoms. The summed E-state index contributed by atoms with van der Waals surface area (Å²) in [6, 6.07) is 5.32. The van der Waals surface area contributed by atoms with Gasteiger partial charge in [-0.05, 0) is 18.2 Å². The summed E-state index contributed by atoms with van der Waals surface area (Å²) in [5.74, 6) is 0. The second kappa shape index (κ2) is 4.51. The number of nitrogens with zero attached hydrogens (tertiary/aromatic N) is 2. The highest BCUT2D eigenvalue weighted by Crippen LogP contribution is 2.36. The van der Waals surface area contributed by atoms with Crippen molar-refractivity contribution in [3.63, 3.8) is 0 Å². The van der Waals surface area contributed by atoms with Gasteiger partial charge in [0.05, 0.1) is 20.6 Å². The molecular formula is C10H6N2O7S. The van der Waals surface area contributed by atoms with Gasteiger partial charge in [0.2, 0.25) is 0 Å². The molecule has 0 aliphatic rings. The smallest absolute Gasteiger partial charge is 0.282 e. The lowest BCUT2D eigenvalue weighted by Crippen LogP contribution is -2.04. The van der Waals surface area contributed by atoms with Crippen LogP contribution in [0.15, 0.2) is 35.2 Å². The van der Waals surface area contributed by atoms with Gasteiger partial charge >= 0.3 is 10.1 Å². The van der Waals surface area contributed by atoms with Crippen LogP contribution in [-0.4, -0.2) is 22.8 Å². The van der Waals surface area contributed by atoms with Crippen LogP contribution in [0.5, 0.6) is 0 Å². The van der Waals surface area contributed by atoms with Gasteiger partial charge in [-0.2, -0.15) is 8.42 Å². The molecule has 0 heterocycles. The molecule has 0 fully saturated rings. The van der Waals surface area contributed by atoms with Crippen LogP contribution >= 0.6 is 0 Å². The molecule has 0 unspecified atom stereocenters. The van der Waals surface area contributed by atoms with Gasteiger partial charge in [-0.25, -0.2) is 0 Å². The average molecular weight is 298 g/mol. The van der Waals surface area contributed by atoms with E-state index >= 15 is 0 Å². The summed E-state index contributed by atoms with van der Waals surface area (Å²) in [5.41, 5.74) is -1.29. The molecule has 0 atom stereocenters. The molecule has 2 aromatic carbocycles. The summed E-state index contributed by atoms with van der Waals surface area (Å²) in [5, 5.41) is 21.5. The number of benzene rings is 2. The topological polar surface area (TPSA) is 141 Å². The van der Waals surface area contributed by atoms with Gasteiger partial charge < -0.3 is 0 Å². The molecule has 0 amide bonds. The SMILES string of the molecule is O=[N+]([O-])c1cccc2c([N+](=O)[O-])c(S(=O)(=O)O)ccc12. The Morgan fingerprint density at radius 1 is 0.950 bits per heavy atom. The summed E-state index contributed by atoms with van der Waals surface area (Å²) >= 11 is 0. The van der Waals surface area contributed by atoms with Crippen molar-refractivity contribution in [2.45, 2.75) is 4.90 Å². The average Bonchev–Trinajstić information content (AvgIpc) is 2.34. The predicted molar refractivity (Wildman–Crippen MR) is 67.1 cm³/mol. The Morgan fingerprint density at radius 2 is 1.60 bits per heavy atom.